The SMILES string of the molecule is CNC1CCCN(C(=O)c2ccc(I)cc2)C1.Cl. The van der Waals surface area contributed by atoms with Gasteiger partial charge in [0.1, 0.15) is 0 Å². The van der Waals surface area contributed by atoms with Crippen molar-refractivity contribution < 1.29 is 4.79 Å². The van der Waals surface area contributed by atoms with E-state index in [0.29, 0.717) is 6.04 Å². The van der Waals surface area contributed by atoms with Crippen molar-refractivity contribution >= 4 is 40.9 Å². The van der Waals surface area contributed by atoms with Crippen LogP contribution < -0.4 is 5.32 Å². The summed E-state index contributed by atoms with van der Waals surface area (Å²) in [7, 11) is 1.96. The lowest BCUT2D eigenvalue weighted by atomic mass is 10.0. The smallest absolute Gasteiger partial charge is 0.253 e. The van der Waals surface area contributed by atoms with E-state index < -0.39 is 0 Å². The lowest BCUT2D eigenvalue weighted by Crippen LogP contribution is -2.46. The average Bonchev–Trinajstić information content (AvgIpc) is 2.39. The lowest BCUT2D eigenvalue weighted by molar-refractivity contribution is 0.0698. The van der Waals surface area contributed by atoms with Gasteiger partial charge in [0.15, 0.2) is 0 Å². The molecule has 1 fully saturated rings. The number of piperidine rings is 1. The standard InChI is InChI=1S/C13H17IN2O.ClH/c1-15-12-3-2-8-16(9-12)13(17)10-4-6-11(14)7-5-10;/h4-7,12,15H,2-3,8-9H2,1H3;1H. The molecule has 1 aliphatic rings. The first-order valence-electron chi connectivity index (χ1n) is 5.93. The summed E-state index contributed by atoms with van der Waals surface area (Å²) in [4.78, 5) is 14.2. The summed E-state index contributed by atoms with van der Waals surface area (Å²) >= 11 is 2.25. The van der Waals surface area contributed by atoms with Crippen LogP contribution >= 0.6 is 35.0 Å². The van der Waals surface area contributed by atoms with Gasteiger partial charge < -0.3 is 10.2 Å². The van der Waals surface area contributed by atoms with Gasteiger partial charge in [-0.05, 0) is 66.7 Å². The van der Waals surface area contributed by atoms with Gasteiger partial charge >= 0.3 is 0 Å². The molecule has 0 aromatic heterocycles. The largest absolute Gasteiger partial charge is 0.337 e. The molecule has 100 valence electrons. The van der Waals surface area contributed by atoms with Crippen molar-refractivity contribution in [2.45, 2.75) is 18.9 Å². The van der Waals surface area contributed by atoms with Crippen LogP contribution in [0.15, 0.2) is 24.3 Å². The molecular formula is C13H18ClIN2O. The zero-order valence-electron chi connectivity index (χ0n) is 10.4. The molecule has 0 aliphatic carbocycles. The number of halogens is 2. The van der Waals surface area contributed by atoms with Crippen LogP contribution in [0.5, 0.6) is 0 Å². The van der Waals surface area contributed by atoms with Crippen LogP contribution in [-0.2, 0) is 0 Å². The van der Waals surface area contributed by atoms with Gasteiger partial charge in [-0.3, -0.25) is 4.79 Å². The maximum Gasteiger partial charge on any atom is 0.253 e. The minimum Gasteiger partial charge on any atom is -0.337 e. The molecule has 1 atom stereocenters. The highest BCUT2D eigenvalue weighted by molar-refractivity contribution is 14.1. The number of nitrogens with one attached hydrogen (secondary N) is 1. The Kier molecular flexibility index (Phi) is 6.38. The number of hydrogen-bond acceptors (Lipinski definition) is 2. The van der Waals surface area contributed by atoms with Crippen LogP contribution in [0.2, 0.25) is 0 Å². The Morgan fingerprint density at radius 1 is 1.39 bits per heavy atom. The first kappa shape index (κ1) is 15.7. The molecule has 1 unspecified atom stereocenters. The lowest BCUT2D eigenvalue weighted by Gasteiger charge is -2.32. The number of nitrogens with zero attached hydrogens (tertiary/aromatic N) is 1. The summed E-state index contributed by atoms with van der Waals surface area (Å²) in [6.45, 7) is 1.70. The van der Waals surface area contributed by atoms with Crippen molar-refractivity contribution in [2.75, 3.05) is 20.1 Å². The predicted molar refractivity (Wildman–Crippen MR) is 84.4 cm³/mol. The molecule has 3 nitrogen and oxygen atoms in total. The number of hydrogen-bond donors (Lipinski definition) is 1. The van der Waals surface area contributed by atoms with Gasteiger partial charge in [0, 0.05) is 28.3 Å². The molecule has 0 radical (unpaired) electrons. The number of likely N-dealkylation sites (tertiary alicyclic amines) is 1. The normalized spacial score (nSPS) is 19.2. The fraction of sp³-hybridized carbons (Fsp3) is 0.462. The van der Waals surface area contributed by atoms with E-state index in [4.69, 9.17) is 0 Å². The highest BCUT2D eigenvalue weighted by Gasteiger charge is 2.23. The minimum absolute atomic E-state index is 0. The molecule has 1 amide bonds. The Balaban J connectivity index is 0.00000162. The predicted octanol–water partition coefficient (Wildman–Crippen LogP) is 2.54. The molecular weight excluding hydrogens is 363 g/mol. The summed E-state index contributed by atoms with van der Waals surface area (Å²) in [5.74, 6) is 0.154. The summed E-state index contributed by atoms with van der Waals surface area (Å²) in [5.41, 5.74) is 0.794. The first-order valence-corrected chi connectivity index (χ1v) is 7.00. The van der Waals surface area contributed by atoms with Crippen LogP contribution in [0.3, 0.4) is 0 Å². The van der Waals surface area contributed by atoms with E-state index in [1.165, 1.54) is 0 Å². The van der Waals surface area contributed by atoms with Gasteiger partial charge in [0.25, 0.3) is 5.91 Å². The van der Waals surface area contributed by atoms with E-state index in [1.54, 1.807) is 0 Å². The average molecular weight is 381 g/mol. The number of likely N-dealkylation sites (N-methyl/N-ethyl adjacent to an activating group) is 1. The Bertz CT molecular complexity index is 396. The van der Waals surface area contributed by atoms with Crippen LogP contribution in [0.1, 0.15) is 23.2 Å². The Morgan fingerprint density at radius 3 is 2.67 bits per heavy atom. The highest BCUT2D eigenvalue weighted by Crippen LogP contribution is 2.14. The summed E-state index contributed by atoms with van der Waals surface area (Å²) < 4.78 is 1.16. The maximum atomic E-state index is 12.3. The van der Waals surface area contributed by atoms with E-state index >= 15 is 0 Å². The molecule has 1 heterocycles. The molecule has 5 heteroatoms. The Hall–Kier alpha value is -0.330. The van der Waals surface area contributed by atoms with Gasteiger partial charge in [0.05, 0.1) is 0 Å². The molecule has 0 saturated carbocycles. The first-order chi connectivity index (χ1) is 8.20. The number of rotatable bonds is 2. The van der Waals surface area contributed by atoms with Crippen LogP contribution in [0.25, 0.3) is 0 Å². The molecule has 0 bridgehead atoms. The third-order valence-electron chi connectivity index (χ3n) is 3.21. The monoisotopic (exact) mass is 380 g/mol. The fourth-order valence-electron chi connectivity index (χ4n) is 2.17. The van der Waals surface area contributed by atoms with Gasteiger partial charge in [-0.15, -0.1) is 12.4 Å². The van der Waals surface area contributed by atoms with Gasteiger partial charge in [-0.25, -0.2) is 0 Å². The summed E-state index contributed by atoms with van der Waals surface area (Å²) in [5, 5.41) is 3.25. The number of carbonyl (C=O) groups is 1. The number of carbonyl (C=O) groups excluding carboxylic acids is 1. The minimum atomic E-state index is 0. The number of benzene rings is 1. The van der Waals surface area contributed by atoms with E-state index in [2.05, 4.69) is 27.9 Å². The van der Waals surface area contributed by atoms with Crippen LogP contribution in [0, 0.1) is 3.57 Å². The van der Waals surface area contributed by atoms with Gasteiger partial charge in [-0.2, -0.15) is 0 Å². The number of amides is 1. The quantitative estimate of drug-likeness (QED) is 0.800. The summed E-state index contributed by atoms with van der Waals surface area (Å²) in [6.07, 6.45) is 2.24. The second-order valence-corrected chi connectivity index (χ2v) is 5.63. The second-order valence-electron chi connectivity index (χ2n) is 4.39. The molecule has 0 spiro atoms. The molecule has 2 rings (SSSR count). The van der Waals surface area contributed by atoms with Crippen molar-refractivity contribution in [1.29, 1.82) is 0 Å². The Labute approximate surface area is 128 Å². The van der Waals surface area contributed by atoms with Crippen LogP contribution in [0.4, 0.5) is 0 Å². The zero-order chi connectivity index (χ0) is 12.3. The maximum absolute atomic E-state index is 12.3. The van der Waals surface area contributed by atoms with E-state index in [9.17, 15) is 4.79 Å². The third-order valence-corrected chi connectivity index (χ3v) is 3.93. The Morgan fingerprint density at radius 2 is 2.06 bits per heavy atom. The van der Waals surface area contributed by atoms with E-state index in [0.717, 1.165) is 35.1 Å². The van der Waals surface area contributed by atoms with Gasteiger partial charge in [0.2, 0.25) is 0 Å². The van der Waals surface area contributed by atoms with E-state index in [1.807, 2.05) is 36.2 Å². The molecule has 1 aromatic rings. The van der Waals surface area contributed by atoms with Crippen molar-refractivity contribution in [1.82, 2.24) is 10.2 Å². The second kappa shape index (κ2) is 7.31. The van der Waals surface area contributed by atoms with Crippen molar-refractivity contribution in [2.24, 2.45) is 0 Å². The van der Waals surface area contributed by atoms with Crippen molar-refractivity contribution in [3.8, 4) is 0 Å². The molecule has 1 saturated heterocycles. The highest BCUT2D eigenvalue weighted by atomic mass is 127. The van der Waals surface area contributed by atoms with Gasteiger partial charge in [-0.1, -0.05) is 0 Å². The molecule has 18 heavy (non-hydrogen) atoms. The topological polar surface area (TPSA) is 32.3 Å². The fourth-order valence-corrected chi connectivity index (χ4v) is 2.53. The van der Waals surface area contributed by atoms with Crippen LogP contribution in [-0.4, -0.2) is 37.0 Å². The summed E-state index contributed by atoms with van der Waals surface area (Å²) in [6, 6.07) is 8.22. The van der Waals surface area contributed by atoms with Crippen molar-refractivity contribution in [3.63, 3.8) is 0 Å². The van der Waals surface area contributed by atoms with E-state index in [-0.39, 0.29) is 18.3 Å². The molecule has 1 aliphatic heterocycles. The third kappa shape index (κ3) is 3.83. The zero-order valence-corrected chi connectivity index (χ0v) is 13.3. The molecule has 1 N–H and O–H groups in total. The van der Waals surface area contributed by atoms with Crippen molar-refractivity contribution in [3.05, 3.63) is 33.4 Å². The molecule has 1 aromatic carbocycles.